The molecule has 0 aliphatic rings. The molecule has 22 heavy (non-hydrogen) atoms. The summed E-state index contributed by atoms with van der Waals surface area (Å²) in [5, 5.41) is 2.70. The third-order valence-electron chi connectivity index (χ3n) is 2.83. The first kappa shape index (κ1) is 16.0. The fraction of sp³-hybridized carbons (Fsp3) is 0.200. The topological polar surface area (TPSA) is 88.2 Å². The molecule has 0 radical (unpaired) electrons. The van der Waals surface area contributed by atoms with Crippen molar-refractivity contribution in [2.75, 3.05) is 10.0 Å². The van der Waals surface area contributed by atoms with Crippen molar-refractivity contribution in [3.63, 3.8) is 0 Å². The van der Waals surface area contributed by atoms with Crippen molar-refractivity contribution in [3.05, 3.63) is 48.7 Å². The number of amides is 1. The summed E-state index contributed by atoms with van der Waals surface area (Å²) in [5.74, 6) is 0.160. The first-order chi connectivity index (χ1) is 10.5. The van der Waals surface area contributed by atoms with Crippen LogP contribution in [0.25, 0.3) is 0 Å². The Labute approximate surface area is 129 Å². The largest absolute Gasteiger partial charge is 0.326 e. The highest BCUT2D eigenvalue weighted by Crippen LogP contribution is 2.17. The molecule has 0 saturated heterocycles. The zero-order valence-corrected chi connectivity index (χ0v) is 12.9. The molecule has 2 rings (SSSR count). The predicted molar refractivity (Wildman–Crippen MR) is 85.0 cm³/mol. The van der Waals surface area contributed by atoms with E-state index in [-0.39, 0.29) is 16.6 Å². The van der Waals surface area contributed by atoms with Crippen LogP contribution >= 0.6 is 0 Å². The van der Waals surface area contributed by atoms with E-state index in [9.17, 15) is 13.2 Å². The zero-order chi connectivity index (χ0) is 16.0. The van der Waals surface area contributed by atoms with Crippen LogP contribution in [-0.4, -0.2) is 19.3 Å². The van der Waals surface area contributed by atoms with Gasteiger partial charge in [-0.2, -0.15) is 0 Å². The van der Waals surface area contributed by atoms with Gasteiger partial charge in [0.15, 0.2) is 0 Å². The molecule has 0 spiro atoms. The number of nitrogens with one attached hydrogen (secondary N) is 2. The highest BCUT2D eigenvalue weighted by Gasteiger charge is 2.14. The monoisotopic (exact) mass is 319 g/mol. The van der Waals surface area contributed by atoms with E-state index in [1.165, 1.54) is 18.3 Å². The molecule has 2 aromatic rings. The van der Waals surface area contributed by atoms with Crippen molar-refractivity contribution in [1.29, 1.82) is 0 Å². The summed E-state index contributed by atoms with van der Waals surface area (Å²) in [6.45, 7) is 1.92. The summed E-state index contributed by atoms with van der Waals surface area (Å²) >= 11 is 0. The number of hydrogen-bond acceptors (Lipinski definition) is 4. The van der Waals surface area contributed by atoms with Crippen molar-refractivity contribution < 1.29 is 13.2 Å². The Bertz CT molecular complexity index is 728. The highest BCUT2D eigenvalue weighted by molar-refractivity contribution is 7.92. The van der Waals surface area contributed by atoms with Gasteiger partial charge in [0, 0.05) is 18.3 Å². The Morgan fingerprint density at radius 2 is 1.86 bits per heavy atom. The van der Waals surface area contributed by atoms with Crippen LogP contribution in [0.3, 0.4) is 0 Å². The van der Waals surface area contributed by atoms with E-state index in [2.05, 4.69) is 15.0 Å². The van der Waals surface area contributed by atoms with Gasteiger partial charge in [-0.05, 0) is 42.8 Å². The number of pyridine rings is 1. The zero-order valence-electron chi connectivity index (χ0n) is 12.1. The number of sulfonamides is 1. The van der Waals surface area contributed by atoms with Crippen LogP contribution in [0.4, 0.5) is 11.5 Å². The predicted octanol–water partition coefficient (Wildman–Crippen LogP) is 2.62. The van der Waals surface area contributed by atoms with Gasteiger partial charge in [0.05, 0.1) is 4.90 Å². The van der Waals surface area contributed by atoms with E-state index >= 15 is 0 Å². The molecular formula is C15H17N3O3S. The maximum atomic E-state index is 12.2. The molecule has 0 bridgehead atoms. The van der Waals surface area contributed by atoms with E-state index in [0.29, 0.717) is 12.1 Å². The lowest BCUT2D eigenvalue weighted by atomic mass is 10.3. The molecular weight excluding hydrogens is 302 g/mol. The lowest BCUT2D eigenvalue weighted by Crippen LogP contribution is -2.14. The molecule has 0 aliphatic carbocycles. The summed E-state index contributed by atoms with van der Waals surface area (Å²) in [5.41, 5.74) is 0.565. The van der Waals surface area contributed by atoms with Crippen molar-refractivity contribution in [2.24, 2.45) is 0 Å². The third kappa shape index (κ3) is 4.29. The quantitative estimate of drug-likeness (QED) is 0.856. The number of carbonyl (C=O) groups excluding carboxylic acids is 1. The van der Waals surface area contributed by atoms with Crippen molar-refractivity contribution in [3.8, 4) is 0 Å². The van der Waals surface area contributed by atoms with Crippen LogP contribution in [0.5, 0.6) is 0 Å². The van der Waals surface area contributed by atoms with Crippen LogP contribution in [-0.2, 0) is 14.8 Å². The summed E-state index contributed by atoms with van der Waals surface area (Å²) in [6, 6.07) is 10.9. The fourth-order valence-corrected chi connectivity index (χ4v) is 2.80. The Balaban J connectivity index is 2.10. The van der Waals surface area contributed by atoms with E-state index in [4.69, 9.17) is 0 Å². The number of hydrogen-bond donors (Lipinski definition) is 2. The van der Waals surface area contributed by atoms with Gasteiger partial charge in [0.1, 0.15) is 5.82 Å². The Kier molecular flexibility index (Phi) is 5.11. The lowest BCUT2D eigenvalue weighted by molar-refractivity contribution is -0.116. The minimum atomic E-state index is -3.69. The van der Waals surface area contributed by atoms with Crippen LogP contribution in [0.2, 0.25) is 0 Å². The van der Waals surface area contributed by atoms with Crippen LogP contribution < -0.4 is 10.0 Å². The lowest BCUT2D eigenvalue weighted by Gasteiger charge is -2.08. The number of carbonyl (C=O) groups is 1. The van der Waals surface area contributed by atoms with Crippen molar-refractivity contribution in [2.45, 2.75) is 24.7 Å². The van der Waals surface area contributed by atoms with Gasteiger partial charge in [-0.3, -0.25) is 9.52 Å². The van der Waals surface area contributed by atoms with Crippen molar-refractivity contribution in [1.82, 2.24) is 4.98 Å². The molecule has 7 heteroatoms. The van der Waals surface area contributed by atoms with Gasteiger partial charge in [-0.25, -0.2) is 13.4 Å². The molecule has 1 aromatic heterocycles. The molecule has 0 unspecified atom stereocenters. The summed E-state index contributed by atoms with van der Waals surface area (Å²) in [7, 11) is -3.69. The normalized spacial score (nSPS) is 11.0. The summed E-state index contributed by atoms with van der Waals surface area (Å²) in [4.78, 5) is 15.5. The molecule has 6 nitrogen and oxygen atoms in total. The molecule has 1 aromatic carbocycles. The third-order valence-corrected chi connectivity index (χ3v) is 4.20. The minimum absolute atomic E-state index is 0.0929. The molecule has 0 atom stereocenters. The number of nitrogens with zero attached hydrogens (tertiary/aromatic N) is 1. The standard InChI is InChI=1S/C15H17N3O3S/c1-2-5-15(19)17-12-7-9-13(10-8-12)22(20,21)18-14-6-3-4-11-16-14/h3-4,6-11H,2,5H2,1H3,(H,16,18)(H,17,19). The van der Waals surface area contributed by atoms with E-state index in [1.807, 2.05) is 6.92 Å². The molecule has 116 valence electrons. The van der Waals surface area contributed by atoms with Crippen LogP contribution in [0.15, 0.2) is 53.6 Å². The summed E-state index contributed by atoms with van der Waals surface area (Å²) < 4.78 is 26.8. The van der Waals surface area contributed by atoms with E-state index < -0.39 is 10.0 Å². The molecule has 0 aliphatic heterocycles. The smallest absolute Gasteiger partial charge is 0.263 e. The Morgan fingerprint density at radius 3 is 2.45 bits per heavy atom. The van der Waals surface area contributed by atoms with Gasteiger partial charge in [-0.15, -0.1) is 0 Å². The second kappa shape index (κ2) is 7.04. The molecule has 2 N–H and O–H groups in total. The van der Waals surface area contributed by atoms with Gasteiger partial charge in [0.2, 0.25) is 5.91 Å². The van der Waals surface area contributed by atoms with E-state index in [0.717, 1.165) is 6.42 Å². The fourth-order valence-electron chi connectivity index (χ4n) is 1.79. The molecule has 1 amide bonds. The average Bonchev–Trinajstić information content (AvgIpc) is 2.48. The maximum Gasteiger partial charge on any atom is 0.263 e. The first-order valence-electron chi connectivity index (χ1n) is 6.85. The molecule has 0 saturated carbocycles. The molecule has 0 fully saturated rings. The molecule has 1 heterocycles. The van der Waals surface area contributed by atoms with Gasteiger partial charge < -0.3 is 5.32 Å². The van der Waals surface area contributed by atoms with Gasteiger partial charge >= 0.3 is 0 Å². The Hall–Kier alpha value is -2.41. The summed E-state index contributed by atoms with van der Waals surface area (Å²) in [6.07, 6.45) is 2.69. The van der Waals surface area contributed by atoms with Crippen molar-refractivity contribution >= 4 is 27.4 Å². The van der Waals surface area contributed by atoms with Gasteiger partial charge in [0.25, 0.3) is 10.0 Å². The second-order valence-corrected chi connectivity index (χ2v) is 6.33. The number of aromatic nitrogens is 1. The van der Waals surface area contributed by atoms with Gasteiger partial charge in [-0.1, -0.05) is 13.0 Å². The van der Waals surface area contributed by atoms with E-state index in [1.54, 1.807) is 30.3 Å². The Morgan fingerprint density at radius 1 is 1.14 bits per heavy atom. The highest BCUT2D eigenvalue weighted by atomic mass is 32.2. The number of anilines is 2. The van der Waals surface area contributed by atoms with Crippen LogP contribution in [0.1, 0.15) is 19.8 Å². The second-order valence-electron chi connectivity index (χ2n) is 4.64. The SMILES string of the molecule is CCCC(=O)Nc1ccc(S(=O)(=O)Nc2ccccn2)cc1. The van der Waals surface area contributed by atoms with Crippen LogP contribution in [0, 0.1) is 0 Å². The maximum absolute atomic E-state index is 12.2. The number of rotatable bonds is 6. The minimum Gasteiger partial charge on any atom is -0.326 e. The number of benzene rings is 1. The average molecular weight is 319 g/mol. The first-order valence-corrected chi connectivity index (χ1v) is 8.33.